The van der Waals surface area contributed by atoms with Crippen LogP contribution in [0.15, 0.2) is 36.9 Å². The summed E-state index contributed by atoms with van der Waals surface area (Å²) in [6.45, 7) is 2.49. The van der Waals surface area contributed by atoms with E-state index in [-0.39, 0.29) is 77.3 Å². The van der Waals surface area contributed by atoms with Gasteiger partial charge in [-0.2, -0.15) is 15.0 Å². The number of azo groups is 1. The first-order valence-corrected chi connectivity index (χ1v) is 13.6. The van der Waals surface area contributed by atoms with Crippen LogP contribution in [0.2, 0.25) is 10.6 Å². The summed E-state index contributed by atoms with van der Waals surface area (Å²) < 4.78 is 72.1. The van der Waals surface area contributed by atoms with Crippen LogP contribution < -0.4 is 75.7 Å². The van der Waals surface area contributed by atoms with Crippen LogP contribution in [0.4, 0.5) is 23.0 Å². The molecule has 0 radical (unpaired) electrons. The predicted molar refractivity (Wildman–Crippen MR) is 131 cm³/mol. The number of aromatic nitrogens is 4. The van der Waals surface area contributed by atoms with Crippen molar-refractivity contribution in [1.29, 1.82) is 0 Å². The number of anilines is 2. The minimum Gasteiger partial charge on any atom is -0.744 e. The second-order valence-corrected chi connectivity index (χ2v) is 10.7. The third-order valence-electron chi connectivity index (χ3n) is 4.90. The fourth-order valence-electron chi connectivity index (χ4n) is 3.25. The summed E-state index contributed by atoms with van der Waals surface area (Å²) in [7, 11) is -10.9. The van der Waals surface area contributed by atoms with Crippen molar-refractivity contribution in [2.24, 2.45) is 16.0 Å². The predicted octanol–water partition coefficient (Wildman–Crippen LogP) is -4.55. The number of rotatable bonds is 8. The molecule has 0 saturated heterocycles. The molecule has 208 valence electrons. The zero-order valence-corrected chi connectivity index (χ0v) is 28.6. The van der Waals surface area contributed by atoms with E-state index in [0.29, 0.717) is 6.07 Å². The van der Waals surface area contributed by atoms with Gasteiger partial charge < -0.3 is 25.3 Å². The summed E-state index contributed by atoms with van der Waals surface area (Å²) in [6, 6.07) is 0.836. The van der Waals surface area contributed by atoms with Crippen LogP contribution in [0.1, 0.15) is 22.8 Å². The topological polar surface area (TPSA) is 275 Å². The van der Waals surface area contributed by atoms with E-state index in [1.807, 2.05) is 0 Å². The first kappa shape index (κ1) is 37.3. The van der Waals surface area contributed by atoms with Crippen molar-refractivity contribution in [2.45, 2.75) is 30.2 Å². The van der Waals surface area contributed by atoms with Gasteiger partial charge in [0.25, 0.3) is 11.5 Å². The molecule has 0 spiro atoms. The average Bonchev–Trinajstić information content (AvgIpc) is 2.76. The summed E-state index contributed by atoms with van der Waals surface area (Å²) in [4.78, 5) is 32.9. The summed E-state index contributed by atoms with van der Waals surface area (Å²) >= 11 is 11.4. The molecule has 1 amide bonds. The normalized spacial score (nSPS) is 11.6. The molecule has 1 aromatic carbocycles. The van der Waals surface area contributed by atoms with Gasteiger partial charge in [0.2, 0.25) is 22.4 Å². The molecular weight excluding hydrogens is 653 g/mol. The zero-order valence-electron chi connectivity index (χ0n) is 21.4. The van der Waals surface area contributed by atoms with Gasteiger partial charge in [-0.25, -0.2) is 16.8 Å². The molecule has 0 unspecified atom stereocenters. The molecule has 0 atom stereocenters. The zero-order chi connectivity index (χ0) is 29.4. The molecule has 2 heterocycles. The molecule has 3 rings (SSSR count). The van der Waals surface area contributed by atoms with Crippen LogP contribution in [-0.2, 0) is 26.8 Å². The van der Waals surface area contributed by atoms with E-state index in [9.17, 15) is 40.6 Å². The Hall–Kier alpha value is -1.75. The van der Waals surface area contributed by atoms with Gasteiger partial charge in [0.15, 0.2) is 5.69 Å². The second-order valence-electron chi connectivity index (χ2n) is 7.33. The number of nitrogens with one attached hydrogen (secondary N) is 1. The molecule has 0 aliphatic carbocycles. The maximum absolute atomic E-state index is 12.8. The third kappa shape index (κ3) is 8.42. The number of carbonyl (C=O) groups excluding carboxylic acids is 1. The summed E-state index contributed by atoms with van der Waals surface area (Å²) in [5.74, 6) is -2.37. The van der Waals surface area contributed by atoms with Crippen LogP contribution in [0.3, 0.4) is 0 Å². The Bertz CT molecular complexity index is 1820. The number of pyridine rings is 1. The Morgan fingerprint density at radius 2 is 1.59 bits per heavy atom. The first-order valence-electron chi connectivity index (χ1n) is 10.1. The summed E-state index contributed by atoms with van der Waals surface area (Å²) in [5, 5.41) is 18.9. The van der Waals surface area contributed by atoms with Crippen LogP contribution in [0, 0.1) is 6.92 Å². The first-order chi connectivity index (χ1) is 17.9. The Kier molecular flexibility index (Phi) is 12.9. The van der Waals surface area contributed by atoms with E-state index < -0.39 is 86.5 Å². The molecule has 0 aliphatic rings. The monoisotopic (exact) mass is 666 g/mol. The smallest absolute Gasteiger partial charge is 0.744 e. The van der Waals surface area contributed by atoms with Crippen molar-refractivity contribution in [1.82, 2.24) is 19.5 Å². The van der Waals surface area contributed by atoms with E-state index in [0.717, 1.165) is 4.57 Å². The molecule has 2 aromatic heterocycles. The maximum Gasteiger partial charge on any atom is 1.00 e. The van der Waals surface area contributed by atoms with Crippen molar-refractivity contribution in [3.8, 4) is 5.88 Å². The van der Waals surface area contributed by atoms with Crippen molar-refractivity contribution >= 4 is 72.4 Å². The number of halogens is 2. The fraction of sp³-hybridized carbons (Fsp3) is 0.167. The Balaban J connectivity index is 0.00000420. The van der Waals surface area contributed by atoms with Gasteiger partial charge >= 0.3 is 59.1 Å². The van der Waals surface area contributed by atoms with Crippen LogP contribution >= 0.6 is 23.2 Å². The van der Waals surface area contributed by atoms with Gasteiger partial charge in [0.1, 0.15) is 31.5 Å². The largest absolute Gasteiger partial charge is 1.00 e. The molecule has 0 fully saturated rings. The molecule has 23 heteroatoms. The molecule has 4 N–H and O–H groups in total. The Labute approximate surface area is 285 Å². The van der Waals surface area contributed by atoms with E-state index in [4.69, 9.17) is 28.9 Å². The number of hydrogen-bond acceptors (Lipinski definition) is 15. The van der Waals surface area contributed by atoms with E-state index >= 15 is 0 Å². The molecule has 17 nitrogen and oxygen atoms in total. The third-order valence-corrected chi connectivity index (χ3v) is 6.98. The Morgan fingerprint density at radius 3 is 2.05 bits per heavy atom. The van der Waals surface area contributed by atoms with Crippen LogP contribution in [0.25, 0.3) is 0 Å². The van der Waals surface area contributed by atoms with Gasteiger partial charge in [0, 0.05) is 12.1 Å². The minimum absolute atomic E-state index is 0. The van der Waals surface area contributed by atoms with Crippen molar-refractivity contribution in [2.75, 3.05) is 5.32 Å². The quantitative estimate of drug-likeness (QED) is 0.116. The number of nitrogens with two attached hydrogens (primary N) is 1. The molecule has 3 aromatic rings. The molecular formula is C18H14Cl2N8Na2O9S2. The number of carbonyl (C=O) groups is 1. The minimum atomic E-state index is -5.50. The molecule has 0 saturated carbocycles. The fourth-order valence-corrected chi connectivity index (χ4v) is 4.95. The van der Waals surface area contributed by atoms with E-state index in [1.165, 1.54) is 13.8 Å². The molecule has 41 heavy (non-hydrogen) atoms. The number of aromatic hydroxyl groups is 1. The van der Waals surface area contributed by atoms with E-state index in [1.54, 1.807) is 0 Å². The van der Waals surface area contributed by atoms with Gasteiger partial charge in [-0.1, -0.05) is 0 Å². The van der Waals surface area contributed by atoms with Gasteiger partial charge in [-0.15, -0.1) is 10.2 Å². The van der Waals surface area contributed by atoms with E-state index in [2.05, 4.69) is 30.5 Å². The maximum atomic E-state index is 12.8. The number of nitrogens with zero attached hydrogens (tertiary/aromatic N) is 6. The summed E-state index contributed by atoms with van der Waals surface area (Å²) in [6.07, 6.45) is 0. The number of benzene rings is 1. The second kappa shape index (κ2) is 14.1. The number of amides is 1. The number of primary amides is 1. The van der Waals surface area contributed by atoms with Crippen LogP contribution in [-0.4, -0.2) is 56.5 Å². The van der Waals surface area contributed by atoms with Crippen LogP contribution in [0.5, 0.6) is 5.88 Å². The van der Waals surface area contributed by atoms with Gasteiger partial charge in [0.05, 0.1) is 15.5 Å². The van der Waals surface area contributed by atoms with Crippen molar-refractivity contribution < 1.29 is 95.0 Å². The Morgan fingerprint density at radius 1 is 1.05 bits per heavy atom. The summed E-state index contributed by atoms with van der Waals surface area (Å²) in [5.41, 5.74) is 1.47. The van der Waals surface area contributed by atoms with Crippen molar-refractivity contribution in [3.63, 3.8) is 0 Å². The molecule has 0 aliphatic heterocycles. The standard InChI is InChI=1S/C18H16Cl2N8O9S2.2Na/c1-3-28-14(30)11(13(21)29)6(2)12(15(28)31)27-26-8-4-7(22-18-24-16(19)23-17(20)25-18)9(38(32,33)34)5-10(8)39(35,36)37;;/h4-5,30H,3H2,1-2H3,(H2,21,29)(H,32,33,34)(H,35,36,37)(H,22,23,24,25);;/q;2*+1/p-2. The number of hydrogen-bond donors (Lipinski definition) is 3. The SMILES string of the molecule is CCn1c(O)c(C(N)=O)c(C)c(N=Nc2cc(Nc3nc(Cl)nc(Cl)n3)c(S(=O)(=O)[O-])cc2S(=O)(=O)[O-])c1=O.[Na+].[Na+]. The van der Waals surface area contributed by atoms with Gasteiger partial charge in [-0.3, -0.25) is 14.2 Å². The average molecular weight is 667 g/mol. The van der Waals surface area contributed by atoms with Gasteiger partial charge in [-0.05, 0) is 49.2 Å². The van der Waals surface area contributed by atoms with Crippen molar-refractivity contribution in [3.05, 3.63) is 44.2 Å². The molecule has 0 bridgehead atoms.